The lowest BCUT2D eigenvalue weighted by molar-refractivity contribution is 0.572. The first-order valence-electron chi connectivity index (χ1n) is 11.8. The second-order valence-electron chi connectivity index (χ2n) is 8.76. The number of aryl methyl sites for hydroxylation is 1. The van der Waals surface area contributed by atoms with Crippen molar-refractivity contribution in [1.82, 2.24) is 9.97 Å². The first-order valence-corrected chi connectivity index (χ1v) is 11.8. The van der Waals surface area contributed by atoms with Crippen LogP contribution >= 0.6 is 0 Å². The lowest BCUT2D eigenvalue weighted by atomic mass is 10.1. The molecule has 3 heterocycles. The van der Waals surface area contributed by atoms with Crippen LogP contribution in [-0.2, 0) is 0 Å². The van der Waals surface area contributed by atoms with Crippen molar-refractivity contribution >= 4 is 29.0 Å². The molecule has 5 rings (SSSR count). The van der Waals surface area contributed by atoms with E-state index < -0.39 is 0 Å². The highest BCUT2D eigenvalue weighted by Crippen LogP contribution is 2.27. The number of aromatic nitrogens is 2. The van der Waals surface area contributed by atoms with E-state index in [1.165, 1.54) is 30.5 Å². The zero-order valence-electron chi connectivity index (χ0n) is 18.9. The molecule has 2 aliphatic rings. The molecule has 2 fully saturated rings. The van der Waals surface area contributed by atoms with Crippen LogP contribution in [0.1, 0.15) is 24.8 Å². The average molecular weight is 429 g/mol. The Labute approximate surface area is 190 Å². The molecule has 0 atom stereocenters. The number of piperazine rings is 1. The predicted octanol–water partition coefficient (Wildman–Crippen LogP) is 4.85. The van der Waals surface area contributed by atoms with Crippen LogP contribution < -0.4 is 20.0 Å². The van der Waals surface area contributed by atoms with Gasteiger partial charge < -0.3 is 20.0 Å². The Morgan fingerprint density at radius 1 is 0.688 bits per heavy atom. The van der Waals surface area contributed by atoms with Crippen LogP contribution in [0.2, 0.25) is 0 Å². The fourth-order valence-corrected chi connectivity index (χ4v) is 4.50. The van der Waals surface area contributed by atoms with Gasteiger partial charge in [0.25, 0.3) is 0 Å². The smallest absolute Gasteiger partial charge is 0.229 e. The molecule has 2 aromatic carbocycles. The minimum atomic E-state index is 0.829. The highest BCUT2D eigenvalue weighted by atomic mass is 15.3. The minimum absolute atomic E-state index is 0.829. The highest BCUT2D eigenvalue weighted by Gasteiger charge is 2.22. The predicted molar refractivity (Wildman–Crippen MR) is 133 cm³/mol. The molecule has 6 nitrogen and oxygen atoms in total. The summed E-state index contributed by atoms with van der Waals surface area (Å²) in [5, 5.41) is 3.51. The monoisotopic (exact) mass is 428 g/mol. The number of rotatable bonds is 5. The molecule has 0 amide bonds. The molecule has 2 saturated heterocycles. The molecule has 0 radical (unpaired) electrons. The minimum Gasteiger partial charge on any atom is -0.368 e. The number of benzene rings is 2. The van der Waals surface area contributed by atoms with Gasteiger partial charge in [0.05, 0.1) is 0 Å². The number of nitrogens with one attached hydrogen (secondary N) is 1. The normalized spacial score (nSPS) is 16.8. The third-order valence-electron chi connectivity index (χ3n) is 6.39. The molecule has 1 N–H and O–H groups in total. The van der Waals surface area contributed by atoms with E-state index in [1.54, 1.807) is 0 Å². The SMILES string of the molecule is Cc1ccc(Nc2cc(N3CCCCC3)nc(N3CCN(c4ccccc4)CC3)n2)cc1. The number of hydrogen-bond acceptors (Lipinski definition) is 6. The Morgan fingerprint density at radius 2 is 1.38 bits per heavy atom. The van der Waals surface area contributed by atoms with Gasteiger partial charge in [0.15, 0.2) is 0 Å². The second-order valence-corrected chi connectivity index (χ2v) is 8.76. The van der Waals surface area contributed by atoms with E-state index in [-0.39, 0.29) is 0 Å². The summed E-state index contributed by atoms with van der Waals surface area (Å²) < 4.78 is 0. The van der Waals surface area contributed by atoms with Crippen LogP contribution in [0.3, 0.4) is 0 Å². The van der Waals surface area contributed by atoms with Crippen molar-refractivity contribution < 1.29 is 0 Å². The van der Waals surface area contributed by atoms with Crippen molar-refractivity contribution in [2.45, 2.75) is 26.2 Å². The van der Waals surface area contributed by atoms with Gasteiger partial charge in [-0.05, 0) is 50.5 Å². The van der Waals surface area contributed by atoms with Crippen molar-refractivity contribution in [2.75, 3.05) is 59.3 Å². The highest BCUT2D eigenvalue weighted by molar-refractivity contribution is 5.62. The van der Waals surface area contributed by atoms with E-state index in [2.05, 4.69) is 87.6 Å². The van der Waals surface area contributed by atoms with Gasteiger partial charge in [-0.3, -0.25) is 0 Å². The molecule has 32 heavy (non-hydrogen) atoms. The maximum absolute atomic E-state index is 5.02. The number of para-hydroxylation sites is 1. The number of piperidine rings is 1. The summed E-state index contributed by atoms with van der Waals surface area (Å²) in [6.45, 7) is 8.04. The summed E-state index contributed by atoms with van der Waals surface area (Å²) >= 11 is 0. The van der Waals surface area contributed by atoms with E-state index in [4.69, 9.17) is 9.97 Å². The second kappa shape index (κ2) is 9.47. The van der Waals surface area contributed by atoms with Crippen LogP contribution in [0, 0.1) is 6.92 Å². The van der Waals surface area contributed by atoms with E-state index in [0.29, 0.717) is 0 Å². The van der Waals surface area contributed by atoms with Gasteiger partial charge in [-0.1, -0.05) is 35.9 Å². The van der Waals surface area contributed by atoms with Crippen LogP contribution in [0.25, 0.3) is 0 Å². The number of anilines is 5. The maximum atomic E-state index is 5.02. The van der Waals surface area contributed by atoms with Crippen molar-refractivity contribution in [1.29, 1.82) is 0 Å². The molecule has 0 spiro atoms. The Kier molecular flexibility index (Phi) is 6.10. The van der Waals surface area contributed by atoms with Crippen molar-refractivity contribution in [3.8, 4) is 0 Å². The molecule has 2 aliphatic heterocycles. The third kappa shape index (κ3) is 4.79. The van der Waals surface area contributed by atoms with Gasteiger partial charge in [-0.25, -0.2) is 0 Å². The Hall–Kier alpha value is -3.28. The molecular formula is C26H32N6. The van der Waals surface area contributed by atoms with E-state index in [1.807, 2.05) is 0 Å². The van der Waals surface area contributed by atoms with Gasteiger partial charge >= 0.3 is 0 Å². The molecule has 0 saturated carbocycles. The Morgan fingerprint density at radius 3 is 2.09 bits per heavy atom. The van der Waals surface area contributed by atoms with E-state index >= 15 is 0 Å². The maximum Gasteiger partial charge on any atom is 0.229 e. The lowest BCUT2D eigenvalue weighted by Crippen LogP contribution is -2.47. The third-order valence-corrected chi connectivity index (χ3v) is 6.39. The van der Waals surface area contributed by atoms with Crippen molar-refractivity contribution in [3.05, 3.63) is 66.2 Å². The molecule has 0 unspecified atom stereocenters. The zero-order chi connectivity index (χ0) is 21.8. The van der Waals surface area contributed by atoms with Gasteiger partial charge in [0.2, 0.25) is 5.95 Å². The quantitative estimate of drug-likeness (QED) is 0.627. The largest absolute Gasteiger partial charge is 0.368 e. The fraction of sp³-hybridized carbons (Fsp3) is 0.385. The molecule has 3 aromatic rings. The Bertz CT molecular complexity index is 1010. The molecule has 166 valence electrons. The summed E-state index contributed by atoms with van der Waals surface area (Å²) in [4.78, 5) is 17.1. The summed E-state index contributed by atoms with van der Waals surface area (Å²) in [5.41, 5.74) is 3.60. The van der Waals surface area contributed by atoms with Gasteiger partial charge in [0.1, 0.15) is 11.6 Å². The number of hydrogen-bond donors (Lipinski definition) is 1. The molecular weight excluding hydrogens is 396 g/mol. The lowest BCUT2D eigenvalue weighted by Gasteiger charge is -2.36. The van der Waals surface area contributed by atoms with Crippen molar-refractivity contribution in [2.24, 2.45) is 0 Å². The number of nitrogens with zero attached hydrogens (tertiary/aromatic N) is 5. The molecule has 0 aliphatic carbocycles. The topological polar surface area (TPSA) is 47.5 Å². The van der Waals surface area contributed by atoms with E-state index in [0.717, 1.165) is 62.5 Å². The first kappa shape index (κ1) is 20.6. The fourth-order valence-electron chi connectivity index (χ4n) is 4.50. The van der Waals surface area contributed by atoms with Crippen LogP contribution in [0.5, 0.6) is 0 Å². The van der Waals surface area contributed by atoms with Crippen LogP contribution in [0.15, 0.2) is 60.7 Å². The molecule has 1 aromatic heterocycles. The van der Waals surface area contributed by atoms with Gasteiger partial charge in [-0.2, -0.15) is 9.97 Å². The van der Waals surface area contributed by atoms with Gasteiger partial charge in [-0.15, -0.1) is 0 Å². The van der Waals surface area contributed by atoms with Crippen molar-refractivity contribution in [3.63, 3.8) is 0 Å². The Balaban J connectivity index is 1.37. The standard InChI is InChI=1S/C26H32N6/c1-21-10-12-22(13-11-21)27-24-20-25(31-14-6-3-7-15-31)29-26(28-24)32-18-16-30(17-19-32)23-8-4-2-5-9-23/h2,4-5,8-13,20H,3,6-7,14-19H2,1H3,(H,27,28,29). The first-order chi connectivity index (χ1) is 15.7. The van der Waals surface area contributed by atoms with E-state index in [9.17, 15) is 0 Å². The summed E-state index contributed by atoms with van der Waals surface area (Å²) in [6.07, 6.45) is 3.77. The van der Waals surface area contributed by atoms with Gasteiger partial charge in [0, 0.05) is 56.7 Å². The van der Waals surface area contributed by atoms with Crippen LogP contribution in [-0.4, -0.2) is 49.2 Å². The molecule has 0 bridgehead atoms. The summed E-state index contributed by atoms with van der Waals surface area (Å²) in [5.74, 6) is 2.73. The summed E-state index contributed by atoms with van der Waals surface area (Å²) in [6, 6.07) is 21.2. The average Bonchev–Trinajstić information content (AvgIpc) is 2.86. The summed E-state index contributed by atoms with van der Waals surface area (Å²) in [7, 11) is 0. The zero-order valence-corrected chi connectivity index (χ0v) is 18.9. The molecule has 6 heteroatoms. The van der Waals surface area contributed by atoms with Crippen LogP contribution in [0.4, 0.5) is 29.0 Å².